The van der Waals surface area contributed by atoms with Gasteiger partial charge in [0.2, 0.25) is 0 Å². The fourth-order valence-corrected chi connectivity index (χ4v) is 6.93. The van der Waals surface area contributed by atoms with E-state index in [1.54, 1.807) is 11.1 Å². The van der Waals surface area contributed by atoms with Crippen molar-refractivity contribution in [1.29, 1.82) is 0 Å². The molecule has 0 N–H and O–H groups in total. The van der Waals surface area contributed by atoms with Gasteiger partial charge in [-0.25, -0.2) is 0 Å². The van der Waals surface area contributed by atoms with Crippen LogP contribution in [0.1, 0.15) is 54.0 Å². The van der Waals surface area contributed by atoms with E-state index in [0.29, 0.717) is 5.92 Å². The molecule has 0 radical (unpaired) electrons. The molecule has 2 aromatic carbocycles. The molecule has 5 rings (SSSR count). The Balaban J connectivity index is 1.60. The highest BCUT2D eigenvalue weighted by atomic mass is 79.9. The van der Waals surface area contributed by atoms with Crippen molar-refractivity contribution in [3.05, 3.63) is 77.6 Å². The number of hydrogen-bond acceptors (Lipinski definition) is 1. The van der Waals surface area contributed by atoms with E-state index in [9.17, 15) is 0 Å². The molecule has 0 amide bonds. The summed E-state index contributed by atoms with van der Waals surface area (Å²) in [7, 11) is 0. The maximum Gasteiger partial charge on any atom is 0.0711 e. The summed E-state index contributed by atoms with van der Waals surface area (Å²) in [5.41, 5.74) is 11.9. The van der Waals surface area contributed by atoms with Crippen molar-refractivity contribution >= 4 is 64.9 Å². The highest BCUT2D eigenvalue weighted by molar-refractivity contribution is 9.11. The first kappa shape index (κ1) is 17.9. The number of benzene rings is 2. The van der Waals surface area contributed by atoms with Crippen LogP contribution < -0.4 is 0 Å². The lowest BCUT2D eigenvalue weighted by atomic mass is 9.86. The highest BCUT2D eigenvalue weighted by Crippen LogP contribution is 2.49. The molecule has 0 fully saturated rings. The molecule has 136 valence electrons. The number of thiophene rings is 1. The van der Waals surface area contributed by atoms with Crippen LogP contribution in [0, 0.1) is 6.92 Å². The Hall–Kier alpha value is -1.16. The van der Waals surface area contributed by atoms with E-state index in [1.165, 1.54) is 51.7 Å². The summed E-state index contributed by atoms with van der Waals surface area (Å²) in [6.45, 7) is 6.91. The molecule has 1 unspecified atom stereocenters. The summed E-state index contributed by atoms with van der Waals surface area (Å²) < 4.78 is 3.83. The largest absolute Gasteiger partial charge is 0.128 e. The molecule has 1 aromatic heterocycles. The van der Waals surface area contributed by atoms with Gasteiger partial charge in [0.25, 0.3) is 0 Å². The Morgan fingerprint density at radius 2 is 1.93 bits per heavy atom. The summed E-state index contributed by atoms with van der Waals surface area (Å²) in [6, 6.07) is 11.3. The van der Waals surface area contributed by atoms with Gasteiger partial charge in [0.05, 0.1) is 3.79 Å². The van der Waals surface area contributed by atoms with Gasteiger partial charge in [-0.3, -0.25) is 0 Å². The van der Waals surface area contributed by atoms with Crippen molar-refractivity contribution in [1.82, 2.24) is 0 Å². The van der Waals surface area contributed by atoms with Crippen molar-refractivity contribution in [2.24, 2.45) is 0 Å². The van der Waals surface area contributed by atoms with Gasteiger partial charge in [-0.05, 0) is 107 Å². The van der Waals surface area contributed by atoms with Crippen LogP contribution in [0.2, 0.25) is 0 Å². The molecular formula is C24H20Br2S. The molecule has 0 saturated carbocycles. The highest BCUT2D eigenvalue weighted by Gasteiger charge is 2.29. The monoisotopic (exact) mass is 498 g/mol. The zero-order chi connectivity index (χ0) is 18.9. The molecule has 1 heterocycles. The van der Waals surface area contributed by atoms with Gasteiger partial charge in [0.15, 0.2) is 0 Å². The molecule has 1 atom stereocenters. The molecule has 2 aliphatic carbocycles. The van der Waals surface area contributed by atoms with E-state index in [1.807, 2.05) is 11.3 Å². The van der Waals surface area contributed by atoms with Crippen LogP contribution in [0.5, 0.6) is 0 Å². The van der Waals surface area contributed by atoms with Gasteiger partial charge in [0, 0.05) is 15.1 Å². The molecule has 3 heteroatoms. The van der Waals surface area contributed by atoms with E-state index in [0.717, 1.165) is 12.8 Å². The molecule has 2 aliphatic rings. The maximum absolute atomic E-state index is 3.73. The first-order chi connectivity index (χ1) is 12.9. The Morgan fingerprint density at radius 1 is 1.11 bits per heavy atom. The number of rotatable bonds is 2. The van der Waals surface area contributed by atoms with Crippen LogP contribution in [0.25, 0.3) is 21.7 Å². The van der Waals surface area contributed by atoms with E-state index in [4.69, 9.17) is 0 Å². The van der Waals surface area contributed by atoms with Crippen LogP contribution in [0.4, 0.5) is 0 Å². The van der Waals surface area contributed by atoms with Gasteiger partial charge in [-0.1, -0.05) is 45.3 Å². The third-order valence-corrected chi connectivity index (χ3v) is 8.54. The minimum Gasteiger partial charge on any atom is -0.128 e. The van der Waals surface area contributed by atoms with Gasteiger partial charge >= 0.3 is 0 Å². The third kappa shape index (κ3) is 2.73. The average Bonchev–Trinajstić information content (AvgIpc) is 3.25. The van der Waals surface area contributed by atoms with E-state index in [2.05, 4.69) is 89.0 Å². The standard InChI is InChI=1S/C24H20Br2S/c1-12-7-18-14(3)19-11-24(26)27-23(19)10-20(18)17(12)9-16-13(2)8-21-15(16)5-4-6-22(21)25/h4-6,8,10-11,16H,7,9H2,1-3H3. The SMILES string of the molecule is CC1=Cc2c(Br)cccc2C1CC1=C(C)Cc2c1cc1sc(Br)cc1c2C. The Labute approximate surface area is 181 Å². The number of aryl methyl sites for hydroxylation is 1. The summed E-state index contributed by atoms with van der Waals surface area (Å²) in [5, 5.41) is 1.41. The predicted octanol–water partition coefficient (Wildman–Crippen LogP) is 8.66. The molecule has 27 heavy (non-hydrogen) atoms. The van der Waals surface area contributed by atoms with Crippen molar-refractivity contribution < 1.29 is 0 Å². The van der Waals surface area contributed by atoms with Crippen molar-refractivity contribution in [2.45, 2.75) is 39.5 Å². The Morgan fingerprint density at radius 3 is 2.74 bits per heavy atom. The minimum atomic E-state index is 0.486. The van der Waals surface area contributed by atoms with Gasteiger partial charge in [-0.2, -0.15) is 0 Å². The van der Waals surface area contributed by atoms with Crippen LogP contribution in [0.3, 0.4) is 0 Å². The van der Waals surface area contributed by atoms with Gasteiger partial charge in [0.1, 0.15) is 0 Å². The van der Waals surface area contributed by atoms with Crippen molar-refractivity contribution in [3.8, 4) is 0 Å². The van der Waals surface area contributed by atoms with Crippen molar-refractivity contribution in [2.75, 3.05) is 0 Å². The van der Waals surface area contributed by atoms with Crippen LogP contribution in [0.15, 0.2) is 49.7 Å². The lowest BCUT2D eigenvalue weighted by Crippen LogP contribution is -2.00. The van der Waals surface area contributed by atoms with Gasteiger partial charge < -0.3 is 0 Å². The topological polar surface area (TPSA) is 0 Å². The van der Waals surface area contributed by atoms with E-state index >= 15 is 0 Å². The molecule has 0 nitrogen and oxygen atoms in total. The quantitative estimate of drug-likeness (QED) is 0.330. The second-order valence-electron chi connectivity index (χ2n) is 7.81. The fourth-order valence-electron chi connectivity index (χ4n) is 4.80. The van der Waals surface area contributed by atoms with E-state index < -0.39 is 0 Å². The molecule has 0 aliphatic heterocycles. The van der Waals surface area contributed by atoms with Crippen LogP contribution >= 0.6 is 43.2 Å². The smallest absolute Gasteiger partial charge is 0.0711 e. The van der Waals surface area contributed by atoms with Gasteiger partial charge in [-0.15, -0.1) is 11.3 Å². The lowest BCUT2D eigenvalue weighted by molar-refractivity contribution is 0.838. The normalized spacial score (nSPS) is 18.3. The minimum absolute atomic E-state index is 0.486. The predicted molar refractivity (Wildman–Crippen MR) is 126 cm³/mol. The zero-order valence-electron chi connectivity index (χ0n) is 15.6. The second kappa shape index (κ2) is 6.43. The molecule has 0 saturated heterocycles. The Bertz CT molecular complexity index is 1180. The first-order valence-corrected chi connectivity index (χ1v) is 11.7. The third-order valence-electron chi connectivity index (χ3n) is 6.26. The second-order valence-corrected chi connectivity index (χ2v) is 11.1. The maximum atomic E-state index is 3.73. The van der Waals surface area contributed by atoms with Crippen molar-refractivity contribution in [3.63, 3.8) is 0 Å². The van der Waals surface area contributed by atoms with Crippen LogP contribution in [-0.2, 0) is 6.42 Å². The molecule has 0 bridgehead atoms. The first-order valence-electron chi connectivity index (χ1n) is 9.31. The van der Waals surface area contributed by atoms with Crippen LogP contribution in [-0.4, -0.2) is 0 Å². The summed E-state index contributed by atoms with van der Waals surface area (Å²) >= 11 is 9.25. The molecule has 0 spiro atoms. The average molecular weight is 500 g/mol. The molecular weight excluding hydrogens is 480 g/mol. The number of allylic oxidation sites excluding steroid dienone is 3. The number of fused-ring (bicyclic) bond motifs is 3. The summed E-state index contributed by atoms with van der Waals surface area (Å²) in [5.74, 6) is 0.486. The zero-order valence-corrected chi connectivity index (χ0v) is 19.6. The summed E-state index contributed by atoms with van der Waals surface area (Å²) in [6.07, 6.45) is 4.56. The number of halogens is 2. The lowest BCUT2D eigenvalue weighted by Gasteiger charge is -2.18. The fraction of sp³-hybridized carbons (Fsp3) is 0.250. The summed E-state index contributed by atoms with van der Waals surface area (Å²) in [4.78, 5) is 0. The van der Waals surface area contributed by atoms with E-state index in [-0.39, 0.29) is 0 Å². The Kier molecular flexibility index (Phi) is 4.27. The molecule has 3 aromatic rings. The number of hydrogen-bond donors (Lipinski definition) is 0.